The van der Waals surface area contributed by atoms with Crippen LogP contribution in [0.4, 0.5) is 0 Å². The monoisotopic (exact) mass is 373 g/mol. The minimum atomic E-state index is -0.202. The lowest BCUT2D eigenvalue weighted by Gasteiger charge is -2.26. The van der Waals surface area contributed by atoms with Crippen LogP contribution in [-0.4, -0.2) is 34.8 Å². The second-order valence-electron chi connectivity index (χ2n) is 7.04. The van der Waals surface area contributed by atoms with Crippen molar-refractivity contribution in [3.8, 4) is 0 Å². The number of hydrogen-bond acceptors (Lipinski definition) is 2. The summed E-state index contributed by atoms with van der Waals surface area (Å²) in [5.41, 5.74) is 4.89. The van der Waals surface area contributed by atoms with Gasteiger partial charge in [0.2, 0.25) is 5.91 Å². The molecule has 0 saturated heterocycles. The van der Waals surface area contributed by atoms with Gasteiger partial charge in [0.25, 0.3) is 5.91 Å². The highest BCUT2D eigenvalue weighted by Crippen LogP contribution is 2.42. The van der Waals surface area contributed by atoms with Crippen molar-refractivity contribution in [2.45, 2.75) is 19.4 Å². The van der Waals surface area contributed by atoms with Crippen LogP contribution in [0.25, 0.3) is 10.9 Å². The summed E-state index contributed by atoms with van der Waals surface area (Å²) < 4.78 is 0. The lowest BCUT2D eigenvalue weighted by atomic mass is 9.95. The third kappa shape index (κ3) is 2.99. The normalized spacial score (nSPS) is 15.7. The molecule has 1 atom stereocenters. The van der Waals surface area contributed by atoms with Crippen LogP contribution < -0.4 is 5.32 Å². The Morgan fingerprint density at radius 1 is 1.21 bits per heavy atom. The van der Waals surface area contributed by atoms with Crippen LogP contribution in [0.1, 0.15) is 39.6 Å². The van der Waals surface area contributed by atoms with E-state index in [1.54, 1.807) is 6.08 Å². The van der Waals surface area contributed by atoms with Crippen LogP contribution in [0, 0.1) is 6.92 Å². The minimum absolute atomic E-state index is 0.0261. The van der Waals surface area contributed by atoms with Crippen LogP contribution in [0.5, 0.6) is 0 Å². The van der Waals surface area contributed by atoms with Crippen molar-refractivity contribution in [2.24, 2.45) is 0 Å². The Kier molecular flexibility index (Phi) is 4.74. The van der Waals surface area contributed by atoms with Crippen molar-refractivity contribution in [1.82, 2.24) is 15.2 Å². The molecule has 142 valence electrons. The van der Waals surface area contributed by atoms with Gasteiger partial charge in [0.05, 0.1) is 6.04 Å². The highest BCUT2D eigenvalue weighted by atomic mass is 16.2. The van der Waals surface area contributed by atoms with E-state index >= 15 is 0 Å². The Morgan fingerprint density at radius 2 is 1.96 bits per heavy atom. The van der Waals surface area contributed by atoms with E-state index in [4.69, 9.17) is 0 Å². The van der Waals surface area contributed by atoms with Gasteiger partial charge in [-0.3, -0.25) is 9.59 Å². The summed E-state index contributed by atoms with van der Waals surface area (Å²) in [5.74, 6) is -0.111. The Balaban J connectivity index is 1.75. The first kappa shape index (κ1) is 18.0. The van der Waals surface area contributed by atoms with Gasteiger partial charge in [-0.1, -0.05) is 42.5 Å². The number of H-pyrrole nitrogens is 1. The van der Waals surface area contributed by atoms with Gasteiger partial charge in [-0.15, -0.1) is 6.58 Å². The standard InChI is InChI=1S/C23H23N3O2/c1-3-13-24-20(27)12-14-26-22(16-8-4-5-9-17(16)23(26)28)21-15(2)25-19-11-7-6-10-18(19)21/h3-11,22,25H,1,12-14H2,2H3,(H,24,27)/t22-/m0/s1. The number of aromatic nitrogens is 1. The molecule has 0 fully saturated rings. The lowest BCUT2D eigenvalue weighted by Crippen LogP contribution is -2.34. The van der Waals surface area contributed by atoms with E-state index in [1.165, 1.54) is 0 Å². The molecule has 0 radical (unpaired) electrons. The summed E-state index contributed by atoms with van der Waals surface area (Å²) in [6.07, 6.45) is 1.90. The molecule has 1 aliphatic rings. The molecule has 4 rings (SSSR count). The summed E-state index contributed by atoms with van der Waals surface area (Å²) in [6, 6.07) is 15.7. The number of fused-ring (bicyclic) bond motifs is 2. The maximum atomic E-state index is 13.1. The molecule has 28 heavy (non-hydrogen) atoms. The molecule has 0 aliphatic carbocycles. The zero-order chi connectivity index (χ0) is 19.7. The summed E-state index contributed by atoms with van der Waals surface area (Å²) >= 11 is 0. The van der Waals surface area contributed by atoms with E-state index < -0.39 is 0 Å². The van der Waals surface area contributed by atoms with E-state index in [1.807, 2.05) is 54.3 Å². The number of para-hydroxylation sites is 1. The number of benzene rings is 2. The fourth-order valence-electron chi connectivity index (χ4n) is 4.06. The van der Waals surface area contributed by atoms with Crippen LogP contribution in [0.2, 0.25) is 0 Å². The van der Waals surface area contributed by atoms with Crippen molar-refractivity contribution < 1.29 is 9.59 Å². The predicted molar refractivity (Wildman–Crippen MR) is 110 cm³/mol. The molecular weight excluding hydrogens is 350 g/mol. The number of amides is 2. The number of carbonyl (C=O) groups is 2. The number of carbonyl (C=O) groups excluding carboxylic acids is 2. The van der Waals surface area contributed by atoms with Crippen LogP contribution in [-0.2, 0) is 4.79 Å². The molecule has 1 aromatic heterocycles. The zero-order valence-corrected chi connectivity index (χ0v) is 15.9. The smallest absolute Gasteiger partial charge is 0.255 e. The van der Waals surface area contributed by atoms with Gasteiger partial charge in [-0.05, 0) is 24.6 Å². The number of hydrogen-bond donors (Lipinski definition) is 2. The third-order valence-corrected chi connectivity index (χ3v) is 5.30. The second-order valence-corrected chi connectivity index (χ2v) is 7.04. The average molecular weight is 373 g/mol. The number of rotatable bonds is 6. The zero-order valence-electron chi connectivity index (χ0n) is 15.9. The molecule has 1 aliphatic heterocycles. The first-order valence-electron chi connectivity index (χ1n) is 9.46. The van der Waals surface area contributed by atoms with E-state index in [9.17, 15) is 9.59 Å². The second kappa shape index (κ2) is 7.35. The van der Waals surface area contributed by atoms with Gasteiger partial charge in [0.1, 0.15) is 0 Å². The molecule has 3 aromatic rings. The molecule has 0 saturated carbocycles. The topological polar surface area (TPSA) is 65.2 Å². The third-order valence-electron chi connectivity index (χ3n) is 5.30. The predicted octanol–water partition coefficient (Wildman–Crippen LogP) is 3.71. The lowest BCUT2D eigenvalue weighted by molar-refractivity contribution is -0.121. The molecule has 5 nitrogen and oxygen atoms in total. The molecule has 5 heteroatoms. The fraction of sp³-hybridized carbons (Fsp3) is 0.217. The SMILES string of the molecule is C=CCNC(=O)CCN1C(=O)c2ccccc2[C@H]1c1c(C)[nH]c2ccccc12. The number of aromatic amines is 1. The van der Waals surface area contributed by atoms with Crippen molar-refractivity contribution >= 4 is 22.7 Å². The van der Waals surface area contributed by atoms with Gasteiger partial charge in [0.15, 0.2) is 0 Å². The van der Waals surface area contributed by atoms with Crippen molar-refractivity contribution in [1.29, 1.82) is 0 Å². The molecule has 0 unspecified atom stereocenters. The van der Waals surface area contributed by atoms with E-state index in [0.717, 1.165) is 27.7 Å². The molecule has 2 N–H and O–H groups in total. The average Bonchev–Trinajstić information content (AvgIpc) is 3.18. The first-order valence-corrected chi connectivity index (χ1v) is 9.46. The number of nitrogens with one attached hydrogen (secondary N) is 2. The van der Waals surface area contributed by atoms with E-state index in [0.29, 0.717) is 18.7 Å². The van der Waals surface area contributed by atoms with Gasteiger partial charge < -0.3 is 15.2 Å². The minimum Gasteiger partial charge on any atom is -0.358 e. The highest BCUT2D eigenvalue weighted by molar-refractivity contribution is 6.01. The van der Waals surface area contributed by atoms with Gasteiger partial charge in [-0.2, -0.15) is 0 Å². The molecule has 0 bridgehead atoms. The summed E-state index contributed by atoms with van der Waals surface area (Å²) in [7, 11) is 0. The fourth-order valence-corrected chi connectivity index (χ4v) is 4.06. The Labute approximate surface area is 164 Å². The van der Waals surface area contributed by atoms with Crippen molar-refractivity contribution in [3.05, 3.63) is 83.6 Å². The van der Waals surface area contributed by atoms with Gasteiger partial charge in [0, 0.05) is 47.2 Å². The quantitative estimate of drug-likeness (QED) is 0.647. The van der Waals surface area contributed by atoms with E-state index in [-0.39, 0.29) is 24.3 Å². The largest absolute Gasteiger partial charge is 0.358 e. The maximum Gasteiger partial charge on any atom is 0.255 e. The molecule has 2 heterocycles. The van der Waals surface area contributed by atoms with Crippen LogP contribution in [0.15, 0.2) is 61.2 Å². The molecule has 2 aromatic carbocycles. The molecule has 2 amide bonds. The summed E-state index contributed by atoms with van der Waals surface area (Å²) in [5, 5.41) is 3.89. The van der Waals surface area contributed by atoms with Gasteiger partial charge >= 0.3 is 0 Å². The van der Waals surface area contributed by atoms with Crippen LogP contribution in [0.3, 0.4) is 0 Å². The van der Waals surface area contributed by atoms with Crippen molar-refractivity contribution in [3.63, 3.8) is 0 Å². The van der Waals surface area contributed by atoms with Crippen molar-refractivity contribution in [2.75, 3.05) is 13.1 Å². The maximum absolute atomic E-state index is 13.1. The Hall–Kier alpha value is -3.34. The summed E-state index contributed by atoms with van der Waals surface area (Å²) in [4.78, 5) is 30.5. The number of aryl methyl sites for hydroxylation is 1. The Morgan fingerprint density at radius 3 is 2.79 bits per heavy atom. The van der Waals surface area contributed by atoms with Gasteiger partial charge in [-0.25, -0.2) is 0 Å². The van der Waals surface area contributed by atoms with E-state index in [2.05, 4.69) is 22.9 Å². The van der Waals surface area contributed by atoms with Crippen LogP contribution >= 0.6 is 0 Å². The first-order chi connectivity index (χ1) is 13.6. The Bertz CT molecular complexity index is 1070. The molecular formula is C23H23N3O2. The molecule has 0 spiro atoms. The highest BCUT2D eigenvalue weighted by Gasteiger charge is 2.39. The number of nitrogens with zero attached hydrogens (tertiary/aromatic N) is 1. The summed E-state index contributed by atoms with van der Waals surface area (Å²) in [6.45, 7) is 6.44.